The number of rotatable bonds is 4. The molecule has 0 bridgehead atoms. The van der Waals surface area contributed by atoms with Crippen LogP contribution in [0.4, 0.5) is 0 Å². The molecule has 14 heavy (non-hydrogen) atoms. The number of morpholine rings is 1. The van der Waals surface area contributed by atoms with Gasteiger partial charge in [-0.05, 0) is 31.7 Å². The van der Waals surface area contributed by atoms with Crippen LogP contribution in [0.1, 0.15) is 26.2 Å². The van der Waals surface area contributed by atoms with Crippen molar-refractivity contribution in [3.8, 4) is 0 Å². The first kappa shape index (κ1) is 10.4. The summed E-state index contributed by atoms with van der Waals surface area (Å²) in [5.74, 6) is 0.948. The molecule has 3 heteroatoms. The summed E-state index contributed by atoms with van der Waals surface area (Å²) in [6.07, 6.45) is 3.94. The SMILES string of the molecule is CC1CC(NCCC2COCCN2)C1. The highest BCUT2D eigenvalue weighted by atomic mass is 16.5. The highest BCUT2D eigenvalue weighted by molar-refractivity contribution is 4.82. The maximum absolute atomic E-state index is 5.41. The van der Waals surface area contributed by atoms with Gasteiger partial charge in [0.15, 0.2) is 0 Å². The summed E-state index contributed by atoms with van der Waals surface area (Å²) in [7, 11) is 0. The van der Waals surface area contributed by atoms with Crippen LogP contribution in [-0.4, -0.2) is 38.4 Å². The van der Waals surface area contributed by atoms with Crippen LogP contribution in [0.25, 0.3) is 0 Å². The first-order valence-electron chi connectivity index (χ1n) is 5.89. The quantitative estimate of drug-likeness (QED) is 0.699. The molecule has 2 aliphatic rings. The van der Waals surface area contributed by atoms with Gasteiger partial charge in [-0.2, -0.15) is 0 Å². The fraction of sp³-hybridized carbons (Fsp3) is 1.00. The van der Waals surface area contributed by atoms with Gasteiger partial charge in [-0.3, -0.25) is 0 Å². The van der Waals surface area contributed by atoms with E-state index in [2.05, 4.69) is 17.6 Å². The van der Waals surface area contributed by atoms with Gasteiger partial charge in [0.2, 0.25) is 0 Å². The van der Waals surface area contributed by atoms with Gasteiger partial charge >= 0.3 is 0 Å². The Hall–Kier alpha value is -0.120. The Morgan fingerprint density at radius 3 is 2.93 bits per heavy atom. The summed E-state index contributed by atoms with van der Waals surface area (Å²) in [4.78, 5) is 0. The van der Waals surface area contributed by atoms with Crippen molar-refractivity contribution in [1.29, 1.82) is 0 Å². The molecule has 2 fully saturated rings. The van der Waals surface area contributed by atoms with Crippen molar-refractivity contribution < 1.29 is 4.74 Å². The molecular weight excluding hydrogens is 176 g/mol. The molecule has 3 nitrogen and oxygen atoms in total. The maximum Gasteiger partial charge on any atom is 0.0620 e. The fourth-order valence-corrected chi connectivity index (χ4v) is 2.34. The molecule has 0 aromatic heterocycles. The van der Waals surface area contributed by atoms with Gasteiger partial charge in [0, 0.05) is 18.6 Å². The average molecular weight is 198 g/mol. The van der Waals surface area contributed by atoms with E-state index in [0.29, 0.717) is 6.04 Å². The van der Waals surface area contributed by atoms with E-state index in [0.717, 1.165) is 38.3 Å². The van der Waals surface area contributed by atoms with E-state index in [1.807, 2.05) is 0 Å². The first-order chi connectivity index (χ1) is 6.84. The second-order valence-corrected chi connectivity index (χ2v) is 4.74. The normalized spacial score (nSPS) is 37.9. The molecule has 1 saturated carbocycles. The smallest absolute Gasteiger partial charge is 0.0620 e. The van der Waals surface area contributed by atoms with Crippen LogP contribution in [0.15, 0.2) is 0 Å². The molecule has 2 rings (SSSR count). The summed E-state index contributed by atoms with van der Waals surface area (Å²) in [6.45, 7) is 6.26. The molecule has 0 radical (unpaired) electrons. The minimum absolute atomic E-state index is 0.578. The van der Waals surface area contributed by atoms with Crippen LogP contribution in [0.2, 0.25) is 0 Å². The number of nitrogens with one attached hydrogen (secondary N) is 2. The van der Waals surface area contributed by atoms with Gasteiger partial charge in [-0.25, -0.2) is 0 Å². The lowest BCUT2D eigenvalue weighted by molar-refractivity contribution is 0.0733. The van der Waals surface area contributed by atoms with Crippen LogP contribution in [0.3, 0.4) is 0 Å². The molecule has 1 aliphatic carbocycles. The van der Waals surface area contributed by atoms with Gasteiger partial charge < -0.3 is 15.4 Å². The third-order valence-corrected chi connectivity index (χ3v) is 3.30. The molecule has 1 atom stereocenters. The Balaban J connectivity index is 1.50. The van der Waals surface area contributed by atoms with Crippen LogP contribution < -0.4 is 10.6 Å². The molecule has 1 saturated heterocycles. The molecule has 0 amide bonds. The van der Waals surface area contributed by atoms with Gasteiger partial charge in [0.1, 0.15) is 0 Å². The molecule has 0 spiro atoms. The highest BCUT2D eigenvalue weighted by Crippen LogP contribution is 2.26. The fourth-order valence-electron chi connectivity index (χ4n) is 2.34. The molecule has 2 N–H and O–H groups in total. The van der Waals surface area contributed by atoms with E-state index in [1.165, 1.54) is 19.3 Å². The van der Waals surface area contributed by atoms with Crippen molar-refractivity contribution in [1.82, 2.24) is 10.6 Å². The Morgan fingerprint density at radius 1 is 1.43 bits per heavy atom. The summed E-state index contributed by atoms with van der Waals surface area (Å²) in [5.41, 5.74) is 0. The lowest BCUT2D eigenvalue weighted by Crippen LogP contribution is -2.45. The molecule has 1 heterocycles. The second-order valence-electron chi connectivity index (χ2n) is 4.74. The zero-order valence-corrected chi connectivity index (χ0v) is 9.09. The van der Waals surface area contributed by atoms with Gasteiger partial charge in [-0.15, -0.1) is 0 Å². The molecule has 1 unspecified atom stereocenters. The Morgan fingerprint density at radius 2 is 2.29 bits per heavy atom. The van der Waals surface area contributed by atoms with Crippen LogP contribution in [0.5, 0.6) is 0 Å². The Kier molecular flexibility index (Phi) is 3.79. The number of ether oxygens (including phenoxy) is 1. The third-order valence-electron chi connectivity index (χ3n) is 3.30. The zero-order chi connectivity index (χ0) is 9.80. The maximum atomic E-state index is 5.41. The second kappa shape index (κ2) is 5.10. The van der Waals surface area contributed by atoms with E-state index >= 15 is 0 Å². The van der Waals surface area contributed by atoms with Crippen LogP contribution in [-0.2, 0) is 4.74 Å². The Labute approximate surface area is 86.6 Å². The predicted molar refractivity (Wildman–Crippen MR) is 57.4 cm³/mol. The number of hydrogen-bond donors (Lipinski definition) is 2. The summed E-state index contributed by atoms with van der Waals surface area (Å²) in [6, 6.07) is 1.38. The first-order valence-corrected chi connectivity index (χ1v) is 5.89. The van der Waals surface area contributed by atoms with Crippen LogP contribution >= 0.6 is 0 Å². The van der Waals surface area contributed by atoms with Crippen molar-refractivity contribution in [3.63, 3.8) is 0 Å². The van der Waals surface area contributed by atoms with Crippen molar-refractivity contribution in [2.75, 3.05) is 26.3 Å². The monoisotopic (exact) mass is 198 g/mol. The largest absolute Gasteiger partial charge is 0.379 e. The summed E-state index contributed by atoms with van der Waals surface area (Å²) >= 11 is 0. The average Bonchev–Trinajstić information content (AvgIpc) is 2.17. The summed E-state index contributed by atoms with van der Waals surface area (Å²) < 4.78 is 5.41. The van der Waals surface area contributed by atoms with Crippen molar-refractivity contribution >= 4 is 0 Å². The number of hydrogen-bond acceptors (Lipinski definition) is 3. The predicted octanol–water partition coefficient (Wildman–Crippen LogP) is 0.753. The van der Waals surface area contributed by atoms with Crippen LogP contribution in [0, 0.1) is 5.92 Å². The minimum Gasteiger partial charge on any atom is -0.379 e. The van der Waals surface area contributed by atoms with E-state index < -0.39 is 0 Å². The Bertz CT molecular complexity index is 163. The van der Waals surface area contributed by atoms with E-state index in [9.17, 15) is 0 Å². The van der Waals surface area contributed by atoms with Gasteiger partial charge in [0.05, 0.1) is 13.2 Å². The van der Waals surface area contributed by atoms with Crippen molar-refractivity contribution in [2.24, 2.45) is 5.92 Å². The lowest BCUT2D eigenvalue weighted by atomic mass is 9.82. The highest BCUT2D eigenvalue weighted by Gasteiger charge is 2.24. The molecule has 1 aliphatic heterocycles. The van der Waals surface area contributed by atoms with E-state index in [4.69, 9.17) is 4.74 Å². The summed E-state index contributed by atoms with van der Waals surface area (Å²) in [5, 5.41) is 7.07. The molecule has 0 aromatic carbocycles. The lowest BCUT2D eigenvalue weighted by Gasteiger charge is -2.34. The topological polar surface area (TPSA) is 33.3 Å². The zero-order valence-electron chi connectivity index (χ0n) is 9.09. The van der Waals surface area contributed by atoms with Crippen molar-refractivity contribution in [2.45, 2.75) is 38.3 Å². The van der Waals surface area contributed by atoms with Gasteiger partial charge in [-0.1, -0.05) is 6.92 Å². The third kappa shape index (κ3) is 2.94. The molecular formula is C11H22N2O. The molecule has 82 valence electrons. The van der Waals surface area contributed by atoms with E-state index in [1.54, 1.807) is 0 Å². The van der Waals surface area contributed by atoms with E-state index in [-0.39, 0.29) is 0 Å². The molecule has 0 aromatic rings. The van der Waals surface area contributed by atoms with Gasteiger partial charge in [0.25, 0.3) is 0 Å². The minimum atomic E-state index is 0.578. The van der Waals surface area contributed by atoms with Crippen molar-refractivity contribution in [3.05, 3.63) is 0 Å². The standard InChI is InChI=1S/C11H22N2O/c1-9-6-11(7-9)12-3-2-10-8-14-5-4-13-10/h9-13H,2-8H2,1H3.